The minimum Gasteiger partial charge on any atom is -0.309 e. The van der Waals surface area contributed by atoms with Gasteiger partial charge in [-0.2, -0.15) is 0 Å². The Hall–Kier alpha value is -17.7. The van der Waals surface area contributed by atoms with E-state index in [1.165, 1.54) is 147 Å². The molecule has 0 spiro atoms. The molecule has 7 heterocycles. The lowest BCUT2D eigenvalue weighted by Gasteiger charge is -2.21. The van der Waals surface area contributed by atoms with Gasteiger partial charge in [0.25, 0.3) is 0 Å². The topological polar surface area (TPSA) is 76.2 Å². The number of nitrogens with zero attached hydrogens (tertiary/aromatic N) is 9. The summed E-state index contributed by atoms with van der Waals surface area (Å²) in [7, 11) is 0. The first-order valence-corrected chi connectivity index (χ1v) is 46.1. The Morgan fingerprint density at radius 3 is 1.00 bits per heavy atom. The molecule has 21 aromatic carbocycles. The van der Waals surface area contributed by atoms with Crippen LogP contribution in [0, 0.1) is 0 Å². The zero-order chi connectivity index (χ0) is 88.1. The third-order valence-electron chi connectivity index (χ3n) is 28.6. The molecule has 7 aromatic heterocycles. The lowest BCUT2D eigenvalue weighted by molar-refractivity contribution is 0.660. The largest absolute Gasteiger partial charge is 0.309 e. The van der Waals surface area contributed by atoms with E-state index in [0.29, 0.717) is 0 Å². The predicted octanol–water partition coefficient (Wildman–Crippen LogP) is 32.3. The number of benzene rings is 21. The van der Waals surface area contributed by atoms with E-state index in [1.807, 2.05) is 12.1 Å². The molecule has 0 amide bonds. The molecule has 0 fully saturated rings. The molecule has 0 N–H and O–H groups in total. The summed E-state index contributed by atoms with van der Waals surface area (Å²) in [6, 6.07) is 161. The molecule has 1 aliphatic carbocycles. The van der Waals surface area contributed by atoms with Gasteiger partial charge in [-0.15, -0.1) is 0 Å². The molecule has 9 heteroatoms. The van der Waals surface area contributed by atoms with Crippen LogP contribution < -0.4 is 0 Å². The second kappa shape index (κ2) is 29.2. The lowest BCUT2D eigenvalue weighted by Crippen LogP contribution is -2.14. The monoisotopic (exact) mass is 1710 g/mol. The minimum atomic E-state index is -0.140. The molecule has 0 saturated heterocycles. The van der Waals surface area contributed by atoms with Crippen LogP contribution in [-0.4, -0.2) is 42.8 Å². The predicted molar refractivity (Wildman–Crippen MR) is 560 cm³/mol. The summed E-state index contributed by atoms with van der Waals surface area (Å²) < 4.78 is 12.3. The number of fused-ring (bicyclic) bond motifs is 26. The van der Waals surface area contributed by atoms with Gasteiger partial charge in [0.2, 0.25) is 0 Å². The average molecular weight is 1710 g/mol. The highest BCUT2D eigenvalue weighted by Gasteiger charge is 2.38. The maximum Gasteiger partial charge on any atom is 0.0980 e. The first-order valence-electron chi connectivity index (χ1n) is 46.1. The SMILES string of the molecule is CC1(C)c2ccccc2-c2c(-c3nc4ccccc4nc3-c3cccc(-n4c5ccccc5c5c(-n6c7ccccc7c7c8ccccc8ccc76)c6ccccc6cc54)c3)cccc21.c1ccc(-n2c3ccccc3c3c(-c4nc5ccccc5nc4-c4cccc(-n5c6ccccc6c6c(-n7c8ccccc8c8c9ccccc9ccc87)c7ccccc7cc65)c4)cccc32)cc1. The van der Waals surface area contributed by atoms with Crippen molar-refractivity contribution in [1.82, 2.24) is 42.8 Å². The first-order chi connectivity index (χ1) is 66.3. The second-order valence-electron chi connectivity index (χ2n) is 36.2. The van der Waals surface area contributed by atoms with E-state index in [1.54, 1.807) is 0 Å². The van der Waals surface area contributed by atoms with Crippen LogP contribution in [0.4, 0.5) is 0 Å². The van der Waals surface area contributed by atoms with E-state index in [4.69, 9.17) is 19.9 Å². The molecule has 624 valence electrons. The Bertz CT molecular complexity index is 9900. The molecule has 29 rings (SSSR count). The van der Waals surface area contributed by atoms with Crippen molar-refractivity contribution in [2.24, 2.45) is 0 Å². The fraction of sp³-hybridized carbons (Fsp3) is 0.0240. The van der Waals surface area contributed by atoms with Crippen LogP contribution in [0.1, 0.15) is 25.0 Å². The summed E-state index contributed by atoms with van der Waals surface area (Å²) >= 11 is 0. The Morgan fingerprint density at radius 1 is 0.187 bits per heavy atom. The fourth-order valence-electron chi connectivity index (χ4n) is 22.9. The van der Waals surface area contributed by atoms with Crippen LogP contribution in [0.15, 0.2) is 443 Å². The molecular weight excluding hydrogens is 1630 g/mol. The quantitative estimate of drug-likeness (QED) is 0.144. The van der Waals surface area contributed by atoms with Gasteiger partial charge >= 0.3 is 0 Å². The number of para-hydroxylation sites is 10. The summed E-state index contributed by atoms with van der Waals surface area (Å²) in [6.07, 6.45) is 0. The molecule has 0 unspecified atom stereocenters. The zero-order valence-electron chi connectivity index (χ0n) is 73.2. The van der Waals surface area contributed by atoms with Crippen LogP contribution in [0.25, 0.3) is 259 Å². The van der Waals surface area contributed by atoms with Crippen LogP contribution >= 0.6 is 0 Å². The molecule has 0 bridgehead atoms. The molecule has 1 aliphatic rings. The van der Waals surface area contributed by atoms with E-state index < -0.39 is 0 Å². The Labute approximate surface area is 769 Å². The molecule has 134 heavy (non-hydrogen) atoms. The summed E-state index contributed by atoms with van der Waals surface area (Å²) in [5, 5.41) is 22.0. The molecule has 0 atom stereocenters. The summed E-state index contributed by atoms with van der Waals surface area (Å²) in [6.45, 7) is 4.67. The van der Waals surface area contributed by atoms with Gasteiger partial charge in [-0.1, -0.05) is 335 Å². The van der Waals surface area contributed by atoms with Crippen LogP contribution in [0.5, 0.6) is 0 Å². The first kappa shape index (κ1) is 75.3. The van der Waals surface area contributed by atoms with Crippen LogP contribution in [0.2, 0.25) is 0 Å². The van der Waals surface area contributed by atoms with E-state index in [0.717, 1.165) is 123 Å². The minimum absolute atomic E-state index is 0.140. The zero-order valence-corrected chi connectivity index (χ0v) is 73.2. The van der Waals surface area contributed by atoms with E-state index >= 15 is 0 Å². The molecular formula is C125H79N9. The van der Waals surface area contributed by atoms with Crippen molar-refractivity contribution in [2.45, 2.75) is 19.3 Å². The summed E-state index contributed by atoms with van der Waals surface area (Å²) in [5.74, 6) is 0. The number of hydrogen-bond acceptors (Lipinski definition) is 4. The standard InChI is InChI=1S/C64H39N5.C61H40N4/c1-2-21-43(22-3-1)67-53-32-13-8-26-47(53)60-50(29-17-35-56(60)67)63-62(65-51-30-11-12-31-52(51)66-63)42-20-16-23-44(38-42)68-54-33-14-10-28-49(54)61-58(68)39-41-19-5-7-25-46(41)64(61)69-55-34-15-9-27-48(55)59-45-24-6-4-18-40(45)36-37-57(59)69;1-61(2)47-27-10-7-23-43(47)55-46(26-16-28-48(55)61)59-58(62-49-29-11-12-30-50(49)63-59)39-19-15-20-40(35-39)64-51-31-13-9-25-45(51)57-54(64)36-38-18-4-6-22-42(38)60(57)65-52-32-14-8-24-44(52)56-41-21-5-3-17-37(41)33-34-53(56)65/h1-39H;3-36H,1-2H3. The lowest BCUT2D eigenvalue weighted by atomic mass is 9.82. The summed E-state index contributed by atoms with van der Waals surface area (Å²) in [4.78, 5) is 22.0. The van der Waals surface area contributed by atoms with Crippen molar-refractivity contribution < 1.29 is 0 Å². The average Bonchev–Trinajstić information content (AvgIpc) is 1.53. The third kappa shape index (κ3) is 11.1. The van der Waals surface area contributed by atoms with Gasteiger partial charge in [-0.25, -0.2) is 19.9 Å². The maximum absolute atomic E-state index is 5.51. The molecule has 9 nitrogen and oxygen atoms in total. The number of aromatic nitrogens is 9. The van der Waals surface area contributed by atoms with Crippen molar-refractivity contribution in [1.29, 1.82) is 0 Å². The van der Waals surface area contributed by atoms with Crippen molar-refractivity contribution in [3.05, 3.63) is 454 Å². The van der Waals surface area contributed by atoms with Crippen LogP contribution in [-0.2, 0) is 5.41 Å². The van der Waals surface area contributed by atoms with Crippen molar-refractivity contribution >= 4 is 174 Å². The van der Waals surface area contributed by atoms with Crippen molar-refractivity contribution in [3.8, 4) is 84.6 Å². The Kier molecular flexibility index (Phi) is 16.4. The third-order valence-corrected chi connectivity index (χ3v) is 28.6. The normalized spacial score (nSPS) is 12.6. The Morgan fingerprint density at radius 2 is 0.507 bits per heavy atom. The fourth-order valence-corrected chi connectivity index (χ4v) is 22.9. The molecule has 0 radical (unpaired) electrons. The van der Waals surface area contributed by atoms with Crippen molar-refractivity contribution in [3.63, 3.8) is 0 Å². The van der Waals surface area contributed by atoms with Gasteiger partial charge < -0.3 is 22.8 Å². The highest BCUT2D eigenvalue weighted by Crippen LogP contribution is 2.55. The van der Waals surface area contributed by atoms with Gasteiger partial charge in [0, 0.05) is 109 Å². The van der Waals surface area contributed by atoms with E-state index in [2.05, 4.69) is 467 Å². The van der Waals surface area contributed by atoms with Gasteiger partial charge in [-0.05, 0) is 176 Å². The van der Waals surface area contributed by atoms with Crippen molar-refractivity contribution in [2.75, 3.05) is 0 Å². The van der Waals surface area contributed by atoms with Gasteiger partial charge in [0.15, 0.2) is 0 Å². The smallest absolute Gasteiger partial charge is 0.0980 e. The number of rotatable bonds is 9. The number of hydrogen-bond donors (Lipinski definition) is 0. The summed E-state index contributed by atoms with van der Waals surface area (Å²) in [5.41, 5.74) is 33.3. The van der Waals surface area contributed by atoms with Crippen LogP contribution in [0.3, 0.4) is 0 Å². The van der Waals surface area contributed by atoms with E-state index in [9.17, 15) is 0 Å². The molecule has 0 aliphatic heterocycles. The second-order valence-corrected chi connectivity index (χ2v) is 36.2. The van der Waals surface area contributed by atoms with Gasteiger partial charge in [-0.3, -0.25) is 0 Å². The highest BCUT2D eigenvalue weighted by molar-refractivity contribution is 6.28. The van der Waals surface area contributed by atoms with Gasteiger partial charge in [0.1, 0.15) is 0 Å². The molecule has 0 saturated carbocycles. The maximum atomic E-state index is 5.51. The highest BCUT2D eigenvalue weighted by atomic mass is 15.0. The molecule has 28 aromatic rings. The van der Waals surface area contributed by atoms with Gasteiger partial charge in [0.05, 0.1) is 111 Å². The van der Waals surface area contributed by atoms with E-state index in [-0.39, 0.29) is 5.41 Å². The Balaban J connectivity index is 0.000000134.